The van der Waals surface area contributed by atoms with Gasteiger partial charge in [0, 0.05) is 42.3 Å². The number of halogens is 5. The molecule has 4 N–H and O–H groups in total. The van der Waals surface area contributed by atoms with Gasteiger partial charge in [-0.15, -0.1) is 0 Å². The van der Waals surface area contributed by atoms with E-state index in [1.165, 1.54) is 18.2 Å². The molecule has 2 aliphatic rings. The highest BCUT2D eigenvalue weighted by Crippen LogP contribution is 2.51. The molecule has 1 aromatic heterocycles. The van der Waals surface area contributed by atoms with Gasteiger partial charge < -0.3 is 10.2 Å². The van der Waals surface area contributed by atoms with E-state index in [0.29, 0.717) is 52.9 Å². The minimum absolute atomic E-state index is 0.0293. The van der Waals surface area contributed by atoms with Crippen LogP contribution in [0.1, 0.15) is 83.3 Å². The number of pyridine rings is 1. The predicted molar refractivity (Wildman–Crippen MR) is 234 cm³/mol. The zero-order chi connectivity index (χ0) is 47.4. The van der Waals surface area contributed by atoms with Crippen LogP contribution in [0.4, 0.5) is 34.8 Å². The number of unbranched alkanes of at least 4 members (excludes halogenated alkanes) is 3. The van der Waals surface area contributed by atoms with Gasteiger partial charge in [-0.25, -0.2) is 22.1 Å². The standard InChI is InChI=1S/C42H47ClF4N4O10S3/c1-41(2)30-23-27(43)26-50(19-12-22-63(56,57)58)40(30)48-34(41)13-6-4-7-14-35-42(3,18-9-11-21-62(53,54)55)29-24-28(64(59,60)61)16-17-33(29)51(35)20-10-5-8-15-36(52)49-39-37(46)31(44)25-32(45)38(39)47/h4,6-7,13-14,16-17,23-26H,5,8-12,15,18-22H2,1-3H3,(H3-,49,52,53,54,55,56,57,58,59,60,61)/p+1. The van der Waals surface area contributed by atoms with Gasteiger partial charge in [-0.2, -0.15) is 25.3 Å². The van der Waals surface area contributed by atoms with Gasteiger partial charge in [0.05, 0.1) is 38.9 Å². The molecule has 1 atom stereocenters. The lowest BCUT2D eigenvalue weighted by Gasteiger charge is -2.30. The Labute approximate surface area is 374 Å². The fraction of sp³-hybridized carbons (Fsp3) is 0.405. The van der Waals surface area contributed by atoms with Crippen molar-refractivity contribution >= 4 is 70.8 Å². The van der Waals surface area contributed by atoms with E-state index >= 15 is 0 Å². The number of aliphatic imine (C=N–C) groups is 1. The molecule has 2 aromatic carbocycles. The molecule has 0 bridgehead atoms. The minimum Gasteiger partial charge on any atom is -0.344 e. The van der Waals surface area contributed by atoms with Gasteiger partial charge in [-0.1, -0.05) is 42.7 Å². The number of nitrogens with one attached hydrogen (secondary N) is 1. The van der Waals surface area contributed by atoms with Crippen LogP contribution < -0.4 is 14.8 Å². The highest BCUT2D eigenvalue weighted by molar-refractivity contribution is 7.86. The summed E-state index contributed by atoms with van der Waals surface area (Å²) in [6.45, 7) is 6.26. The second-order valence-electron chi connectivity index (χ2n) is 16.2. The van der Waals surface area contributed by atoms with E-state index in [0.717, 1.165) is 5.56 Å². The van der Waals surface area contributed by atoms with Crippen LogP contribution in [0.5, 0.6) is 0 Å². The number of carbonyl (C=O) groups excluding carboxylic acids is 1. The van der Waals surface area contributed by atoms with Crippen LogP contribution in [-0.2, 0) is 52.5 Å². The second-order valence-corrected chi connectivity index (χ2v) is 21.2. The van der Waals surface area contributed by atoms with Crippen molar-refractivity contribution in [3.05, 3.63) is 112 Å². The van der Waals surface area contributed by atoms with Crippen molar-refractivity contribution in [3.8, 4) is 0 Å². The molecule has 1 unspecified atom stereocenters. The number of fused-ring (bicyclic) bond motifs is 2. The molecule has 5 rings (SSSR count). The molecular weight excluding hydrogens is 928 g/mol. The van der Waals surface area contributed by atoms with Crippen LogP contribution in [0.2, 0.25) is 5.02 Å². The summed E-state index contributed by atoms with van der Waals surface area (Å²) in [5.74, 6) is -8.06. The Kier molecular flexibility index (Phi) is 15.7. The fourth-order valence-electron chi connectivity index (χ4n) is 7.85. The summed E-state index contributed by atoms with van der Waals surface area (Å²) in [6.07, 6.45) is 12.0. The molecular formula is C42H48ClF4N4O10S3+. The van der Waals surface area contributed by atoms with Crippen LogP contribution >= 0.6 is 11.6 Å². The lowest BCUT2D eigenvalue weighted by Crippen LogP contribution is -2.36. The second kappa shape index (κ2) is 19.9. The van der Waals surface area contributed by atoms with Gasteiger partial charge in [0.1, 0.15) is 11.9 Å². The van der Waals surface area contributed by atoms with Gasteiger partial charge >= 0.3 is 5.82 Å². The van der Waals surface area contributed by atoms with E-state index in [2.05, 4.69) is 0 Å². The zero-order valence-electron chi connectivity index (χ0n) is 35.0. The fourth-order valence-corrected chi connectivity index (χ4v) is 9.64. The molecule has 64 heavy (non-hydrogen) atoms. The Bertz CT molecular complexity index is 2760. The molecule has 348 valence electrons. The summed E-state index contributed by atoms with van der Waals surface area (Å²) in [7, 11) is -13.1. The Morgan fingerprint density at radius 3 is 2.12 bits per heavy atom. The van der Waals surface area contributed by atoms with E-state index in [4.69, 9.17) is 16.6 Å². The molecule has 22 heteroatoms. The molecule has 3 aromatic rings. The van der Waals surface area contributed by atoms with Crippen molar-refractivity contribution < 1.29 is 65.8 Å². The zero-order valence-corrected chi connectivity index (χ0v) is 38.2. The first kappa shape index (κ1) is 50.5. The summed E-state index contributed by atoms with van der Waals surface area (Å²) in [5.41, 5.74) is 0.398. The number of nitrogens with zero attached hydrogens (tertiary/aromatic N) is 3. The number of aromatic nitrogens is 1. The molecule has 0 radical (unpaired) electrons. The van der Waals surface area contributed by atoms with Crippen molar-refractivity contribution in [2.75, 3.05) is 28.3 Å². The van der Waals surface area contributed by atoms with Crippen LogP contribution in [0.3, 0.4) is 0 Å². The van der Waals surface area contributed by atoms with Crippen molar-refractivity contribution in [2.45, 2.75) is 94.4 Å². The molecule has 0 saturated heterocycles. The minimum atomic E-state index is -4.65. The molecule has 3 heterocycles. The Morgan fingerprint density at radius 2 is 1.48 bits per heavy atom. The first-order valence-electron chi connectivity index (χ1n) is 20.0. The third-order valence-electron chi connectivity index (χ3n) is 11.1. The molecule has 0 aliphatic carbocycles. The van der Waals surface area contributed by atoms with Gasteiger partial charge in [-0.3, -0.25) is 18.5 Å². The number of hydrogen-bond acceptors (Lipinski definition) is 9. The SMILES string of the molecule is CC1(C)C(/C=C/C=C/C=C2/N(CCCCCC(=O)Nc3c(F)c(F)cc(F)c3F)c3ccc(S(=O)(=O)O)cc3C2(C)CCCCS(=O)(=O)O)=Nc2c1cc(Cl)c[n+]2CCCS(=O)(=O)O. The average Bonchev–Trinajstić information content (AvgIpc) is 3.57. The van der Waals surface area contributed by atoms with Crippen molar-refractivity contribution in [1.82, 2.24) is 0 Å². The third kappa shape index (κ3) is 12.2. The van der Waals surface area contributed by atoms with E-state index in [-0.39, 0.29) is 56.0 Å². The summed E-state index contributed by atoms with van der Waals surface area (Å²) in [5, 5.41) is 2.30. The van der Waals surface area contributed by atoms with Gasteiger partial charge in [0.25, 0.3) is 30.4 Å². The number of amides is 1. The molecule has 0 spiro atoms. The van der Waals surface area contributed by atoms with E-state index in [9.17, 15) is 61.3 Å². The molecule has 2 aliphatic heterocycles. The van der Waals surface area contributed by atoms with Gasteiger partial charge in [-0.05, 0) is 93.4 Å². The van der Waals surface area contributed by atoms with E-state index in [1.807, 2.05) is 31.0 Å². The smallest absolute Gasteiger partial charge is 0.327 e. The Balaban J connectivity index is 1.41. The summed E-state index contributed by atoms with van der Waals surface area (Å²) >= 11 is 6.43. The number of benzene rings is 2. The third-order valence-corrected chi connectivity index (χ3v) is 13.8. The van der Waals surface area contributed by atoms with Crippen molar-refractivity contribution in [3.63, 3.8) is 0 Å². The number of allylic oxidation sites excluding steroid dienone is 6. The summed E-state index contributed by atoms with van der Waals surface area (Å²) in [6, 6.07) is 5.94. The first-order chi connectivity index (χ1) is 29.7. The predicted octanol–water partition coefficient (Wildman–Crippen LogP) is 8.10. The van der Waals surface area contributed by atoms with E-state index in [1.54, 1.807) is 47.2 Å². The number of carbonyl (C=O) groups is 1. The monoisotopic (exact) mass is 975 g/mol. The number of aryl methyl sites for hydroxylation is 1. The summed E-state index contributed by atoms with van der Waals surface area (Å²) < 4.78 is 156. The number of rotatable bonds is 20. The first-order valence-corrected chi connectivity index (χ1v) is 25.1. The van der Waals surface area contributed by atoms with Crippen LogP contribution in [-0.4, -0.2) is 68.6 Å². The normalized spacial score (nSPS) is 18.0. The summed E-state index contributed by atoms with van der Waals surface area (Å²) in [4.78, 5) is 18.9. The highest BCUT2D eigenvalue weighted by Gasteiger charge is 2.44. The van der Waals surface area contributed by atoms with Crippen LogP contribution in [0.25, 0.3) is 0 Å². The Morgan fingerprint density at radius 1 is 0.828 bits per heavy atom. The van der Waals surface area contributed by atoms with Crippen LogP contribution in [0, 0.1) is 23.3 Å². The lowest BCUT2D eigenvalue weighted by molar-refractivity contribution is -0.684. The lowest BCUT2D eigenvalue weighted by atomic mass is 9.77. The maximum Gasteiger partial charge on any atom is 0.327 e. The molecule has 0 fully saturated rings. The average molecular weight is 977 g/mol. The van der Waals surface area contributed by atoms with Gasteiger partial charge in [0.2, 0.25) is 5.91 Å². The maximum absolute atomic E-state index is 14.1. The number of anilines is 2. The maximum atomic E-state index is 14.1. The van der Waals surface area contributed by atoms with Gasteiger partial charge in [0.15, 0.2) is 29.0 Å². The molecule has 0 saturated carbocycles. The largest absolute Gasteiger partial charge is 0.344 e. The van der Waals surface area contributed by atoms with Crippen molar-refractivity contribution in [2.24, 2.45) is 4.99 Å². The van der Waals surface area contributed by atoms with Crippen molar-refractivity contribution in [1.29, 1.82) is 0 Å². The Hall–Kier alpha value is -4.51. The topological polar surface area (TPSA) is 212 Å². The van der Waals surface area contributed by atoms with Crippen LogP contribution in [0.15, 0.2) is 82.5 Å². The quantitative estimate of drug-likeness (QED) is 0.0212. The van der Waals surface area contributed by atoms with E-state index < -0.39 is 87.6 Å². The highest BCUT2D eigenvalue weighted by atomic mass is 35.5. The molecule has 1 amide bonds. The number of hydrogen-bond donors (Lipinski definition) is 4. The molecule has 14 nitrogen and oxygen atoms in total.